The van der Waals surface area contributed by atoms with Crippen molar-refractivity contribution in [2.24, 2.45) is 0 Å². The van der Waals surface area contributed by atoms with Gasteiger partial charge >= 0.3 is 0 Å². The van der Waals surface area contributed by atoms with Crippen molar-refractivity contribution in [1.82, 2.24) is 4.57 Å². The Bertz CT molecular complexity index is 2610. The molecule has 0 bridgehead atoms. The van der Waals surface area contributed by atoms with E-state index in [1.54, 1.807) is 0 Å². The van der Waals surface area contributed by atoms with Gasteiger partial charge in [-0.2, -0.15) is 0 Å². The van der Waals surface area contributed by atoms with Crippen LogP contribution in [-0.4, -0.2) is 4.57 Å². The highest BCUT2D eigenvalue weighted by atomic mass is 15.2. The van der Waals surface area contributed by atoms with Crippen molar-refractivity contribution in [2.75, 3.05) is 9.80 Å². The highest BCUT2D eigenvalue weighted by Gasteiger charge is 2.38. The Hall–Kier alpha value is -6.84. The first-order valence-corrected chi connectivity index (χ1v) is 18.7. The molecule has 8 aromatic carbocycles. The van der Waals surface area contributed by atoms with Crippen molar-refractivity contribution in [3.63, 3.8) is 0 Å². The lowest BCUT2D eigenvalue weighted by Gasteiger charge is -2.30. The molecule has 3 heteroatoms. The van der Waals surface area contributed by atoms with Gasteiger partial charge in [-0.15, -0.1) is 0 Å². The fraction of sp³-hybridized carbons (Fsp3) is 0.0588. The molecule has 0 fully saturated rings. The second-order valence-electron chi connectivity index (χ2n) is 14.6. The predicted molar refractivity (Wildman–Crippen MR) is 228 cm³/mol. The minimum Gasteiger partial charge on any atom is -0.310 e. The van der Waals surface area contributed by atoms with Crippen LogP contribution < -0.4 is 9.80 Å². The van der Waals surface area contributed by atoms with Crippen LogP contribution in [0.15, 0.2) is 200 Å². The summed E-state index contributed by atoms with van der Waals surface area (Å²) in [4.78, 5) is 4.74. The fourth-order valence-electron chi connectivity index (χ4n) is 8.78. The smallest absolute Gasteiger partial charge is 0.0544 e. The number of benzene rings is 8. The van der Waals surface area contributed by atoms with E-state index in [2.05, 4.69) is 228 Å². The maximum Gasteiger partial charge on any atom is 0.0544 e. The molecule has 0 N–H and O–H groups in total. The molecule has 0 amide bonds. The first kappa shape index (κ1) is 31.9. The molecule has 0 unspecified atom stereocenters. The number of para-hydroxylation sites is 5. The van der Waals surface area contributed by atoms with E-state index in [4.69, 9.17) is 0 Å². The van der Waals surface area contributed by atoms with Gasteiger partial charge in [-0.3, -0.25) is 0 Å². The van der Waals surface area contributed by atoms with E-state index >= 15 is 0 Å². The minimum atomic E-state index is -0.151. The quantitative estimate of drug-likeness (QED) is 0.165. The van der Waals surface area contributed by atoms with Crippen LogP contribution in [0.1, 0.15) is 25.0 Å². The summed E-state index contributed by atoms with van der Waals surface area (Å²) in [5, 5.41) is 2.59. The zero-order chi connectivity index (χ0) is 36.2. The zero-order valence-corrected chi connectivity index (χ0v) is 30.4. The number of aromatic nitrogens is 1. The van der Waals surface area contributed by atoms with Crippen LogP contribution in [0.25, 0.3) is 38.6 Å². The average molecular weight is 694 g/mol. The largest absolute Gasteiger partial charge is 0.310 e. The molecule has 9 aromatic rings. The van der Waals surface area contributed by atoms with Gasteiger partial charge in [0.25, 0.3) is 0 Å². The number of nitrogens with zero attached hydrogens (tertiary/aromatic N) is 3. The molecular weight excluding hydrogens is 655 g/mol. The van der Waals surface area contributed by atoms with Crippen molar-refractivity contribution in [2.45, 2.75) is 19.3 Å². The third-order valence-corrected chi connectivity index (χ3v) is 11.1. The Morgan fingerprint density at radius 3 is 1.39 bits per heavy atom. The fourth-order valence-corrected chi connectivity index (χ4v) is 8.78. The van der Waals surface area contributed by atoms with E-state index in [0.29, 0.717) is 0 Å². The summed E-state index contributed by atoms with van der Waals surface area (Å²) in [5.74, 6) is 0. The molecule has 1 aromatic heterocycles. The normalized spacial score (nSPS) is 12.8. The molecule has 0 atom stereocenters. The lowest BCUT2D eigenvalue weighted by Crippen LogP contribution is -2.15. The lowest BCUT2D eigenvalue weighted by molar-refractivity contribution is 0.666. The first-order chi connectivity index (χ1) is 26.6. The molecule has 0 spiro atoms. The molecule has 1 heterocycles. The Labute approximate surface area is 316 Å². The number of rotatable bonds is 7. The SMILES string of the molecule is CC1(C)c2ccccc2-c2ccc3c(c21)c1ccccc1n3-c1cc(N(c2ccccc2)c2ccccc2)cc(N(c2ccccc2)c2ccccc2)c1. The van der Waals surface area contributed by atoms with Gasteiger partial charge in [0.1, 0.15) is 0 Å². The van der Waals surface area contributed by atoms with Crippen LogP contribution >= 0.6 is 0 Å². The van der Waals surface area contributed by atoms with Gasteiger partial charge in [-0.1, -0.05) is 135 Å². The molecular formula is C51H39N3. The van der Waals surface area contributed by atoms with Crippen molar-refractivity contribution in [1.29, 1.82) is 0 Å². The van der Waals surface area contributed by atoms with Crippen LogP contribution in [0, 0.1) is 0 Å². The molecule has 258 valence electrons. The molecule has 1 aliphatic rings. The van der Waals surface area contributed by atoms with Gasteiger partial charge in [0.15, 0.2) is 0 Å². The van der Waals surface area contributed by atoms with Crippen molar-refractivity contribution in [3.05, 3.63) is 211 Å². The van der Waals surface area contributed by atoms with E-state index < -0.39 is 0 Å². The molecule has 1 aliphatic carbocycles. The summed E-state index contributed by atoms with van der Waals surface area (Å²) in [6, 6.07) is 72.4. The third kappa shape index (κ3) is 5.04. The first-order valence-electron chi connectivity index (χ1n) is 18.7. The molecule has 3 nitrogen and oxygen atoms in total. The predicted octanol–water partition coefficient (Wildman–Crippen LogP) is 14.0. The summed E-state index contributed by atoms with van der Waals surface area (Å²) >= 11 is 0. The molecule has 10 rings (SSSR count). The second kappa shape index (κ2) is 12.7. The van der Waals surface area contributed by atoms with E-state index in [0.717, 1.165) is 39.8 Å². The van der Waals surface area contributed by atoms with Gasteiger partial charge in [-0.05, 0) is 101 Å². The van der Waals surface area contributed by atoms with Crippen molar-refractivity contribution < 1.29 is 0 Å². The molecule has 0 aliphatic heterocycles. The summed E-state index contributed by atoms with van der Waals surface area (Å²) in [6.07, 6.45) is 0. The van der Waals surface area contributed by atoms with Crippen molar-refractivity contribution in [3.8, 4) is 16.8 Å². The van der Waals surface area contributed by atoms with E-state index in [-0.39, 0.29) is 5.41 Å². The number of hydrogen-bond donors (Lipinski definition) is 0. The monoisotopic (exact) mass is 693 g/mol. The number of anilines is 6. The molecule has 0 saturated carbocycles. The standard InChI is InChI=1S/C51H39N3/c1-51(2)46-29-17-15-27-43(46)44-31-32-48-49(50(44)51)45-28-16-18-30-47(45)54(48)42-34-40(52(36-19-7-3-8-20-36)37-21-9-4-10-22-37)33-41(35-42)53(38-23-11-5-12-24-38)39-25-13-6-14-26-39/h3-35H,1-2H3. The summed E-state index contributed by atoms with van der Waals surface area (Å²) < 4.78 is 2.49. The van der Waals surface area contributed by atoms with Crippen LogP contribution in [0.2, 0.25) is 0 Å². The van der Waals surface area contributed by atoms with Crippen LogP contribution in [0.3, 0.4) is 0 Å². The highest BCUT2D eigenvalue weighted by Crippen LogP contribution is 2.53. The topological polar surface area (TPSA) is 11.4 Å². The maximum atomic E-state index is 2.49. The van der Waals surface area contributed by atoms with E-state index in [1.807, 2.05) is 0 Å². The second-order valence-corrected chi connectivity index (χ2v) is 14.6. The summed E-state index contributed by atoms with van der Waals surface area (Å²) in [5.41, 5.74) is 15.3. The van der Waals surface area contributed by atoms with Gasteiger partial charge in [0.05, 0.1) is 28.1 Å². The average Bonchev–Trinajstić information content (AvgIpc) is 3.68. The Kier molecular flexibility index (Phi) is 7.48. The molecule has 0 saturated heterocycles. The number of fused-ring (bicyclic) bond motifs is 7. The van der Waals surface area contributed by atoms with Gasteiger partial charge in [-0.25, -0.2) is 0 Å². The van der Waals surface area contributed by atoms with Crippen LogP contribution in [-0.2, 0) is 5.41 Å². The van der Waals surface area contributed by atoms with E-state index in [1.165, 1.54) is 44.1 Å². The highest BCUT2D eigenvalue weighted by molar-refractivity contribution is 6.14. The summed E-state index contributed by atoms with van der Waals surface area (Å²) in [7, 11) is 0. The molecule has 54 heavy (non-hydrogen) atoms. The van der Waals surface area contributed by atoms with Gasteiger partial charge in [0.2, 0.25) is 0 Å². The number of hydrogen-bond acceptors (Lipinski definition) is 2. The Morgan fingerprint density at radius 1 is 0.389 bits per heavy atom. The summed E-state index contributed by atoms with van der Waals surface area (Å²) in [6.45, 7) is 4.77. The lowest BCUT2D eigenvalue weighted by atomic mass is 9.80. The zero-order valence-electron chi connectivity index (χ0n) is 30.4. The van der Waals surface area contributed by atoms with Gasteiger partial charge in [0, 0.05) is 38.9 Å². The van der Waals surface area contributed by atoms with Crippen molar-refractivity contribution >= 4 is 55.9 Å². The molecule has 0 radical (unpaired) electrons. The Morgan fingerprint density at radius 2 is 0.852 bits per heavy atom. The Balaban J connectivity index is 1.30. The van der Waals surface area contributed by atoms with Crippen LogP contribution in [0.5, 0.6) is 0 Å². The minimum absolute atomic E-state index is 0.151. The van der Waals surface area contributed by atoms with Crippen LogP contribution in [0.4, 0.5) is 34.1 Å². The maximum absolute atomic E-state index is 2.49. The third-order valence-electron chi connectivity index (χ3n) is 11.1. The van der Waals surface area contributed by atoms with Gasteiger partial charge < -0.3 is 14.4 Å². The van der Waals surface area contributed by atoms with E-state index in [9.17, 15) is 0 Å².